The second-order valence-corrected chi connectivity index (χ2v) is 5.05. The molecule has 76 valence electrons. The fourth-order valence-electron chi connectivity index (χ4n) is 2.33. The highest BCUT2D eigenvalue weighted by Gasteiger charge is 2.29. The molecule has 0 heterocycles. The van der Waals surface area contributed by atoms with Gasteiger partial charge in [0.05, 0.1) is 0 Å². The van der Waals surface area contributed by atoms with Gasteiger partial charge in [-0.15, -0.1) is 6.58 Å². The van der Waals surface area contributed by atoms with Crippen LogP contribution in [0.5, 0.6) is 0 Å². The van der Waals surface area contributed by atoms with Crippen molar-refractivity contribution >= 4 is 0 Å². The molecule has 1 unspecified atom stereocenters. The summed E-state index contributed by atoms with van der Waals surface area (Å²) in [6, 6.07) is 0.524. The monoisotopic (exact) mass is 181 g/mol. The van der Waals surface area contributed by atoms with Gasteiger partial charge < -0.3 is 5.32 Å². The molecule has 1 rings (SSSR count). The Morgan fingerprint density at radius 1 is 1.38 bits per heavy atom. The standard InChI is InChI=1S/C12H23N/c1-5-11(13-4)10-6-8-12(2,3)9-7-10/h5,10-11,13H,1,6-9H2,2-4H3. The van der Waals surface area contributed by atoms with Crippen molar-refractivity contribution in [2.24, 2.45) is 11.3 Å². The molecular formula is C12H23N. The highest BCUT2D eigenvalue weighted by molar-refractivity contribution is 4.93. The zero-order chi connectivity index (χ0) is 9.90. The summed E-state index contributed by atoms with van der Waals surface area (Å²) in [5.74, 6) is 0.815. The maximum atomic E-state index is 3.88. The van der Waals surface area contributed by atoms with Gasteiger partial charge in [-0.25, -0.2) is 0 Å². The molecular weight excluding hydrogens is 158 g/mol. The van der Waals surface area contributed by atoms with Gasteiger partial charge in [0, 0.05) is 6.04 Å². The SMILES string of the molecule is C=CC(NC)C1CCC(C)(C)CC1. The second kappa shape index (κ2) is 4.28. The lowest BCUT2D eigenvalue weighted by Crippen LogP contribution is -2.35. The van der Waals surface area contributed by atoms with E-state index in [1.165, 1.54) is 25.7 Å². The summed E-state index contributed by atoms with van der Waals surface area (Å²) < 4.78 is 0. The zero-order valence-electron chi connectivity index (χ0n) is 9.27. The third-order valence-electron chi connectivity index (χ3n) is 3.48. The third-order valence-corrected chi connectivity index (χ3v) is 3.48. The molecule has 1 fully saturated rings. The van der Waals surface area contributed by atoms with Crippen molar-refractivity contribution in [1.29, 1.82) is 0 Å². The van der Waals surface area contributed by atoms with E-state index in [4.69, 9.17) is 0 Å². The van der Waals surface area contributed by atoms with Crippen molar-refractivity contribution in [2.75, 3.05) is 7.05 Å². The summed E-state index contributed by atoms with van der Waals surface area (Å²) in [4.78, 5) is 0. The van der Waals surface area contributed by atoms with E-state index in [0.717, 1.165) is 5.92 Å². The van der Waals surface area contributed by atoms with Gasteiger partial charge in [-0.05, 0) is 44.1 Å². The van der Waals surface area contributed by atoms with Crippen molar-refractivity contribution in [3.63, 3.8) is 0 Å². The summed E-state index contributed by atoms with van der Waals surface area (Å²) in [5.41, 5.74) is 0.579. The van der Waals surface area contributed by atoms with E-state index in [1.807, 2.05) is 7.05 Å². The Bertz CT molecular complexity index is 162. The van der Waals surface area contributed by atoms with Crippen molar-refractivity contribution in [1.82, 2.24) is 5.32 Å². The van der Waals surface area contributed by atoms with Crippen molar-refractivity contribution in [3.05, 3.63) is 12.7 Å². The summed E-state index contributed by atoms with van der Waals surface area (Å²) in [6.45, 7) is 8.64. The Morgan fingerprint density at radius 3 is 2.31 bits per heavy atom. The Balaban J connectivity index is 2.44. The molecule has 1 saturated carbocycles. The first-order chi connectivity index (χ1) is 6.09. The first kappa shape index (κ1) is 10.8. The van der Waals surface area contributed by atoms with Crippen LogP contribution in [0.4, 0.5) is 0 Å². The Labute approximate surface area is 82.6 Å². The molecule has 0 aromatic heterocycles. The van der Waals surface area contributed by atoms with E-state index in [1.54, 1.807) is 0 Å². The van der Waals surface area contributed by atoms with Crippen molar-refractivity contribution < 1.29 is 0 Å². The number of hydrogen-bond donors (Lipinski definition) is 1. The maximum absolute atomic E-state index is 3.88. The van der Waals surface area contributed by atoms with E-state index < -0.39 is 0 Å². The van der Waals surface area contributed by atoms with Gasteiger partial charge in [-0.1, -0.05) is 19.9 Å². The van der Waals surface area contributed by atoms with E-state index in [0.29, 0.717) is 11.5 Å². The molecule has 1 N–H and O–H groups in total. The van der Waals surface area contributed by atoms with Crippen molar-refractivity contribution in [3.8, 4) is 0 Å². The van der Waals surface area contributed by atoms with E-state index >= 15 is 0 Å². The minimum absolute atomic E-state index is 0.524. The van der Waals surface area contributed by atoms with Crippen LogP contribution in [0.25, 0.3) is 0 Å². The van der Waals surface area contributed by atoms with Crippen LogP contribution in [0.15, 0.2) is 12.7 Å². The number of likely N-dealkylation sites (N-methyl/N-ethyl adjacent to an activating group) is 1. The number of hydrogen-bond acceptors (Lipinski definition) is 1. The molecule has 1 aliphatic rings. The normalized spacial score (nSPS) is 25.5. The van der Waals surface area contributed by atoms with Gasteiger partial charge >= 0.3 is 0 Å². The van der Waals surface area contributed by atoms with Crippen LogP contribution in [0.2, 0.25) is 0 Å². The van der Waals surface area contributed by atoms with E-state index in [2.05, 4.69) is 31.8 Å². The van der Waals surface area contributed by atoms with Gasteiger partial charge in [-0.2, -0.15) is 0 Å². The van der Waals surface area contributed by atoms with Crippen LogP contribution in [0.3, 0.4) is 0 Å². The molecule has 0 saturated heterocycles. The zero-order valence-corrected chi connectivity index (χ0v) is 9.27. The number of rotatable bonds is 3. The van der Waals surface area contributed by atoms with E-state index in [9.17, 15) is 0 Å². The van der Waals surface area contributed by atoms with Crippen molar-refractivity contribution in [2.45, 2.75) is 45.6 Å². The molecule has 0 aromatic rings. The molecule has 0 spiro atoms. The highest BCUT2D eigenvalue weighted by atomic mass is 14.9. The van der Waals surface area contributed by atoms with Crippen LogP contribution < -0.4 is 5.32 Å². The quantitative estimate of drug-likeness (QED) is 0.660. The summed E-state index contributed by atoms with van der Waals surface area (Å²) in [5, 5.41) is 3.33. The van der Waals surface area contributed by atoms with Gasteiger partial charge in [0.2, 0.25) is 0 Å². The predicted octanol–water partition coefficient (Wildman–Crippen LogP) is 2.98. The molecule has 0 amide bonds. The summed E-state index contributed by atoms with van der Waals surface area (Å²) in [7, 11) is 2.03. The summed E-state index contributed by atoms with van der Waals surface area (Å²) >= 11 is 0. The molecule has 13 heavy (non-hydrogen) atoms. The first-order valence-corrected chi connectivity index (χ1v) is 5.39. The average molecular weight is 181 g/mol. The van der Waals surface area contributed by atoms with Gasteiger partial charge in [-0.3, -0.25) is 0 Å². The number of nitrogens with one attached hydrogen (secondary N) is 1. The topological polar surface area (TPSA) is 12.0 Å². The van der Waals surface area contributed by atoms with E-state index in [-0.39, 0.29) is 0 Å². The minimum Gasteiger partial charge on any atom is -0.313 e. The average Bonchev–Trinajstić information content (AvgIpc) is 2.09. The molecule has 0 radical (unpaired) electrons. The predicted molar refractivity (Wildman–Crippen MR) is 58.8 cm³/mol. The summed E-state index contributed by atoms with van der Waals surface area (Å²) in [6.07, 6.45) is 7.49. The maximum Gasteiger partial charge on any atom is 0.0272 e. The minimum atomic E-state index is 0.524. The Kier molecular flexibility index (Phi) is 3.55. The lowest BCUT2D eigenvalue weighted by atomic mass is 9.71. The lowest BCUT2D eigenvalue weighted by molar-refractivity contribution is 0.176. The highest BCUT2D eigenvalue weighted by Crippen LogP contribution is 2.39. The lowest BCUT2D eigenvalue weighted by Gasteiger charge is -2.37. The van der Waals surface area contributed by atoms with Gasteiger partial charge in [0.25, 0.3) is 0 Å². The molecule has 0 bridgehead atoms. The first-order valence-electron chi connectivity index (χ1n) is 5.39. The molecule has 1 aliphatic carbocycles. The van der Waals surface area contributed by atoms with Gasteiger partial charge in [0.1, 0.15) is 0 Å². The molecule has 0 aliphatic heterocycles. The van der Waals surface area contributed by atoms with Crippen LogP contribution in [-0.4, -0.2) is 13.1 Å². The molecule has 1 nitrogen and oxygen atoms in total. The largest absolute Gasteiger partial charge is 0.313 e. The molecule has 1 heteroatoms. The van der Waals surface area contributed by atoms with Crippen LogP contribution in [0, 0.1) is 11.3 Å². The van der Waals surface area contributed by atoms with Crippen LogP contribution in [-0.2, 0) is 0 Å². The fraction of sp³-hybridized carbons (Fsp3) is 0.833. The molecule has 1 atom stereocenters. The third kappa shape index (κ3) is 2.84. The Morgan fingerprint density at radius 2 is 1.92 bits per heavy atom. The smallest absolute Gasteiger partial charge is 0.0272 e. The Hall–Kier alpha value is -0.300. The second-order valence-electron chi connectivity index (χ2n) is 5.05. The van der Waals surface area contributed by atoms with Crippen LogP contribution >= 0.6 is 0 Å². The van der Waals surface area contributed by atoms with Gasteiger partial charge in [0.15, 0.2) is 0 Å². The fourth-order valence-corrected chi connectivity index (χ4v) is 2.33. The molecule has 0 aromatic carbocycles. The van der Waals surface area contributed by atoms with Crippen LogP contribution in [0.1, 0.15) is 39.5 Å².